The maximum absolute atomic E-state index is 6.21. The average molecular weight is 276 g/mol. The third-order valence-corrected chi connectivity index (χ3v) is 5.00. The lowest BCUT2D eigenvalue weighted by Gasteiger charge is -2.48. The van der Waals surface area contributed by atoms with E-state index in [4.69, 9.17) is 5.73 Å². The van der Waals surface area contributed by atoms with Crippen LogP contribution in [0.4, 0.5) is 0 Å². The first-order chi connectivity index (χ1) is 9.27. The van der Waals surface area contributed by atoms with Crippen LogP contribution in [0.1, 0.15) is 46.6 Å². The molecule has 2 N–H and O–H groups in total. The lowest BCUT2D eigenvalue weighted by molar-refractivity contribution is 0.0285. The topological polar surface area (TPSA) is 29.3 Å². The van der Waals surface area contributed by atoms with E-state index >= 15 is 0 Å². The zero-order chi connectivity index (χ0) is 15.4. The Morgan fingerprint density at radius 3 is 2.10 bits per heavy atom. The third-order valence-electron chi connectivity index (χ3n) is 5.00. The fourth-order valence-electron chi connectivity index (χ4n) is 2.83. The molecule has 0 saturated heterocycles. The summed E-state index contributed by atoms with van der Waals surface area (Å²) < 4.78 is 0. The van der Waals surface area contributed by atoms with Crippen molar-refractivity contribution in [3.63, 3.8) is 0 Å². The van der Waals surface area contributed by atoms with Gasteiger partial charge in [0.25, 0.3) is 0 Å². The van der Waals surface area contributed by atoms with Crippen molar-refractivity contribution in [3.05, 3.63) is 35.9 Å². The second kappa shape index (κ2) is 6.73. The highest BCUT2D eigenvalue weighted by Crippen LogP contribution is 2.31. The minimum absolute atomic E-state index is 0.0358. The normalized spacial score (nSPS) is 17.0. The number of hydrogen-bond acceptors (Lipinski definition) is 2. The van der Waals surface area contributed by atoms with Crippen LogP contribution in [0.2, 0.25) is 0 Å². The van der Waals surface area contributed by atoms with Gasteiger partial charge in [-0.05, 0) is 37.8 Å². The Kier molecular flexibility index (Phi) is 5.79. The van der Waals surface area contributed by atoms with Gasteiger partial charge < -0.3 is 5.73 Å². The van der Waals surface area contributed by atoms with E-state index in [1.165, 1.54) is 5.56 Å². The van der Waals surface area contributed by atoms with Gasteiger partial charge in [-0.25, -0.2) is 0 Å². The van der Waals surface area contributed by atoms with E-state index in [0.29, 0.717) is 12.6 Å². The van der Waals surface area contributed by atoms with Crippen molar-refractivity contribution >= 4 is 0 Å². The van der Waals surface area contributed by atoms with Crippen LogP contribution in [0, 0.1) is 5.41 Å². The fraction of sp³-hybridized carbons (Fsp3) is 0.667. The summed E-state index contributed by atoms with van der Waals surface area (Å²) in [6, 6.07) is 11.2. The van der Waals surface area contributed by atoms with Crippen LogP contribution in [0.25, 0.3) is 0 Å². The fourth-order valence-corrected chi connectivity index (χ4v) is 2.83. The van der Waals surface area contributed by atoms with Crippen molar-refractivity contribution in [2.24, 2.45) is 11.1 Å². The van der Waals surface area contributed by atoms with Crippen LogP contribution in [0.15, 0.2) is 30.3 Å². The Bertz CT molecular complexity index is 388. The van der Waals surface area contributed by atoms with Crippen molar-refractivity contribution in [1.82, 2.24) is 4.90 Å². The third kappa shape index (κ3) is 3.83. The van der Waals surface area contributed by atoms with Crippen molar-refractivity contribution in [2.75, 3.05) is 13.6 Å². The average Bonchev–Trinajstić information content (AvgIpc) is 2.43. The summed E-state index contributed by atoms with van der Waals surface area (Å²) in [6.45, 7) is 12.1. The summed E-state index contributed by atoms with van der Waals surface area (Å²) in [6.07, 6.45) is 2.08. The zero-order valence-corrected chi connectivity index (χ0v) is 14.1. The molecule has 0 aliphatic heterocycles. The van der Waals surface area contributed by atoms with Gasteiger partial charge in [-0.3, -0.25) is 4.90 Å². The molecule has 1 rings (SSSR count). The van der Waals surface area contributed by atoms with E-state index < -0.39 is 0 Å². The molecule has 0 heterocycles. The maximum atomic E-state index is 6.21. The molecule has 0 radical (unpaired) electrons. The van der Waals surface area contributed by atoms with Crippen molar-refractivity contribution in [2.45, 2.75) is 59.0 Å². The van der Waals surface area contributed by atoms with Gasteiger partial charge in [-0.15, -0.1) is 0 Å². The molecule has 0 saturated carbocycles. The van der Waals surface area contributed by atoms with Crippen molar-refractivity contribution in [1.29, 1.82) is 0 Å². The number of benzene rings is 1. The Balaban J connectivity index is 3.02. The zero-order valence-electron chi connectivity index (χ0n) is 14.1. The number of nitrogens with two attached hydrogens (primary N) is 1. The van der Waals surface area contributed by atoms with Crippen LogP contribution in [0.5, 0.6) is 0 Å². The molecule has 0 spiro atoms. The first-order valence-corrected chi connectivity index (χ1v) is 7.74. The number of hydrogen-bond donors (Lipinski definition) is 1. The highest BCUT2D eigenvalue weighted by molar-refractivity contribution is 5.18. The van der Waals surface area contributed by atoms with Gasteiger partial charge in [0.1, 0.15) is 0 Å². The largest absolute Gasteiger partial charge is 0.329 e. The van der Waals surface area contributed by atoms with E-state index in [9.17, 15) is 0 Å². The smallest absolute Gasteiger partial charge is 0.0369 e. The SMILES string of the molecule is CCC(CN)(Cc1ccccc1)N(C)C(C)C(C)(C)C. The van der Waals surface area contributed by atoms with E-state index in [1.54, 1.807) is 0 Å². The molecule has 1 aromatic rings. The lowest BCUT2D eigenvalue weighted by atomic mass is 9.80. The second-order valence-corrected chi connectivity index (χ2v) is 7.10. The molecule has 1 aromatic carbocycles. The monoisotopic (exact) mass is 276 g/mol. The summed E-state index contributed by atoms with van der Waals surface area (Å²) in [7, 11) is 2.23. The van der Waals surface area contributed by atoms with Crippen LogP contribution in [-0.2, 0) is 6.42 Å². The summed E-state index contributed by atoms with van der Waals surface area (Å²) >= 11 is 0. The molecular formula is C18H32N2. The standard InChI is InChI=1S/C18H32N2/c1-7-18(14-19,13-16-11-9-8-10-12-16)20(6)15(2)17(3,4)5/h8-12,15H,7,13-14,19H2,1-6H3. The highest BCUT2D eigenvalue weighted by Gasteiger charge is 2.37. The Morgan fingerprint density at radius 2 is 1.70 bits per heavy atom. The van der Waals surface area contributed by atoms with Crippen LogP contribution < -0.4 is 5.73 Å². The molecule has 0 amide bonds. The number of rotatable bonds is 6. The quantitative estimate of drug-likeness (QED) is 0.858. The van der Waals surface area contributed by atoms with Crippen LogP contribution >= 0.6 is 0 Å². The van der Waals surface area contributed by atoms with Gasteiger partial charge in [0.15, 0.2) is 0 Å². The molecule has 2 atom stereocenters. The number of nitrogens with zero attached hydrogens (tertiary/aromatic N) is 1. The molecule has 0 aliphatic carbocycles. The molecular weight excluding hydrogens is 244 g/mol. The van der Waals surface area contributed by atoms with Gasteiger partial charge in [-0.1, -0.05) is 58.0 Å². The van der Waals surface area contributed by atoms with Gasteiger partial charge in [-0.2, -0.15) is 0 Å². The Hall–Kier alpha value is -0.860. The first kappa shape index (κ1) is 17.2. The van der Waals surface area contributed by atoms with Crippen molar-refractivity contribution in [3.8, 4) is 0 Å². The van der Waals surface area contributed by atoms with Gasteiger partial charge >= 0.3 is 0 Å². The maximum Gasteiger partial charge on any atom is 0.0369 e. The Morgan fingerprint density at radius 1 is 1.15 bits per heavy atom. The Labute approximate surface area is 125 Å². The molecule has 0 bridgehead atoms. The molecule has 0 fully saturated rings. The van der Waals surface area contributed by atoms with Crippen LogP contribution in [0.3, 0.4) is 0 Å². The lowest BCUT2D eigenvalue weighted by Crippen LogP contribution is -2.59. The van der Waals surface area contributed by atoms with Gasteiger partial charge in [0.2, 0.25) is 0 Å². The van der Waals surface area contributed by atoms with E-state index in [-0.39, 0.29) is 11.0 Å². The highest BCUT2D eigenvalue weighted by atomic mass is 15.2. The minimum atomic E-state index is 0.0358. The molecule has 2 nitrogen and oxygen atoms in total. The summed E-state index contributed by atoms with van der Waals surface area (Å²) in [5.41, 5.74) is 7.86. The van der Waals surface area contributed by atoms with Gasteiger partial charge in [0, 0.05) is 18.1 Å². The van der Waals surface area contributed by atoms with Crippen molar-refractivity contribution < 1.29 is 0 Å². The number of likely N-dealkylation sites (N-methyl/N-ethyl adjacent to an activating group) is 1. The predicted octanol–water partition coefficient (Wildman–Crippen LogP) is 3.70. The van der Waals surface area contributed by atoms with E-state index in [1.807, 2.05) is 0 Å². The molecule has 0 aromatic heterocycles. The van der Waals surface area contributed by atoms with Crippen LogP contribution in [-0.4, -0.2) is 30.1 Å². The molecule has 0 aliphatic rings. The summed E-state index contributed by atoms with van der Waals surface area (Å²) in [5, 5.41) is 0. The van der Waals surface area contributed by atoms with Gasteiger partial charge in [0.05, 0.1) is 0 Å². The summed E-state index contributed by atoms with van der Waals surface area (Å²) in [4.78, 5) is 2.50. The summed E-state index contributed by atoms with van der Waals surface area (Å²) in [5.74, 6) is 0. The van der Waals surface area contributed by atoms with E-state index in [0.717, 1.165) is 12.8 Å². The predicted molar refractivity (Wildman–Crippen MR) is 88.9 cm³/mol. The molecule has 2 heteroatoms. The molecule has 2 unspecified atom stereocenters. The molecule has 20 heavy (non-hydrogen) atoms. The first-order valence-electron chi connectivity index (χ1n) is 7.74. The second-order valence-electron chi connectivity index (χ2n) is 7.10. The van der Waals surface area contributed by atoms with E-state index in [2.05, 4.69) is 76.9 Å². The molecule has 114 valence electrons. The minimum Gasteiger partial charge on any atom is -0.329 e.